The molecular weight excluding hydrogens is 218 g/mol. The second-order valence-electron chi connectivity index (χ2n) is 4.32. The molecule has 1 fully saturated rings. The molecule has 0 spiro atoms. The third-order valence-corrected chi connectivity index (χ3v) is 3.14. The lowest BCUT2D eigenvalue weighted by molar-refractivity contribution is -0.0584. The summed E-state index contributed by atoms with van der Waals surface area (Å²) in [5, 5.41) is 3.34. The maximum atomic E-state index is 5.88. The van der Waals surface area contributed by atoms with Gasteiger partial charge in [-0.15, -0.1) is 0 Å². The summed E-state index contributed by atoms with van der Waals surface area (Å²) in [6.45, 7) is 4.47. The zero-order valence-corrected chi connectivity index (χ0v) is 10.6. The van der Waals surface area contributed by atoms with Gasteiger partial charge >= 0.3 is 0 Å². The van der Waals surface area contributed by atoms with Gasteiger partial charge in [0.25, 0.3) is 0 Å². The lowest BCUT2D eigenvalue weighted by atomic mass is 9.93. The third kappa shape index (κ3) is 2.37. The van der Waals surface area contributed by atoms with E-state index in [1.165, 1.54) is 0 Å². The summed E-state index contributed by atoms with van der Waals surface area (Å²) in [5.41, 5.74) is 0.712. The molecule has 1 aliphatic rings. The smallest absolute Gasteiger partial charge is 0.128 e. The van der Waals surface area contributed by atoms with E-state index in [0.29, 0.717) is 6.61 Å². The van der Waals surface area contributed by atoms with Crippen LogP contribution in [0.4, 0.5) is 0 Å². The molecule has 4 heteroatoms. The molecule has 1 atom stereocenters. The third-order valence-electron chi connectivity index (χ3n) is 3.14. The Morgan fingerprint density at radius 1 is 1.29 bits per heavy atom. The summed E-state index contributed by atoms with van der Waals surface area (Å²) in [7, 11) is 3.31. The summed E-state index contributed by atoms with van der Waals surface area (Å²) < 4.78 is 16.5. The number of benzene rings is 1. The first-order chi connectivity index (χ1) is 8.19. The van der Waals surface area contributed by atoms with Crippen molar-refractivity contribution in [1.82, 2.24) is 5.32 Å². The lowest BCUT2D eigenvalue weighted by Crippen LogP contribution is -2.45. The summed E-state index contributed by atoms with van der Waals surface area (Å²) in [6, 6.07) is 5.82. The average molecular weight is 237 g/mol. The van der Waals surface area contributed by atoms with Crippen molar-refractivity contribution >= 4 is 0 Å². The predicted octanol–water partition coefficient (Wildman–Crippen LogP) is 1.54. The van der Waals surface area contributed by atoms with Crippen LogP contribution in [0.25, 0.3) is 0 Å². The Bertz CT molecular complexity index is 386. The van der Waals surface area contributed by atoms with Gasteiger partial charge < -0.3 is 19.5 Å². The van der Waals surface area contributed by atoms with E-state index in [0.717, 1.165) is 30.2 Å². The van der Waals surface area contributed by atoms with E-state index in [-0.39, 0.29) is 5.60 Å². The SMILES string of the molecule is COc1ccc([C@]2(C)CNCCO2)c(OC)c1. The minimum atomic E-state index is -0.337. The first-order valence-corrected chi connectivity index (χ1v) is 5.77. The molecule has 0 radical (unpaired) electrons. The molecule has 0 unspecified atom stereocenters. The number of morpholine rings is 1. The van der Waals surface area contributed by atoms with Crippen molar-refractivity contribution in [2.24, 2.45) is 0 Å². The Balaban J connectivity index is 2.36. The molecule has 2 rings (SSSR count). The molecule has 0 saturated carbocycles. The second kappa shape index (κ2) is 4.94. The molecule has 0 aliphatic carbocycles. The largest absolute Gasteiger partial charge is 0.497 e. The van der Waals surface area contributed by atoms with E-state index in [1.54, 1.807) is 14.2 Å². The van der Waals surface area contributed by atoms with Crippen LogP contribution in [0.5, 0.6) is 11.5 Å². The highest BCUT2D eigenvalue weighted by atomic mass is 16.5. The average Bonchev–Trinajstić information content (AvgIpc) is 2.38. The highest BCUT2D eigenvalue weighted by molar-refractivity contribution is 5.44. The van der Waals surface area contributed by atoms with Crippen LogP contribution in [0.15, 0.2) is 18.2 Å². The quantitative estimate of drug-likeness (QED) is 0.865. The number of methoxy groups -OCH3 is 2. The van der Waals surface area contributed by atoms with Crippen molar-refractivity contribution < 1.29 is 14.2 Å². The highest BCUT2D eigenvalue weighted by Gasteiger charge is 2.32. The van der Waals surface area contributed by atoms with Gasteiger partial charge in [0.1, 0.15) is 17.1 Å². The van der Waals surface area contributed by atoms with Gasteiger partial charge in [0.05, 0.1) is 20.8 Å². The van der Waals surface area contributed by atoms with Gasteiger partial charge in [-0.2, -0.15) is 0 Å². The van der Waals surface area contributed by atoms with E-state index in [2.05, 4.69) is 12.2 Å². The van der Waals surface area contributed by atoms with Gasteiger partial charge in [-0.25, -0.2) is 0 Å². The number of ether oxygens (including phenoxy) is 3. The Kier molecular flexibility index (Phi) is 3.54. The molecular formula is C13H19NO3. The van der Waals surface area contributed by atoms with Crippen LogP contribution in [0.3, 0.4) is 0 Å². The van der Waals surface area contributed by atoms with Crippen molar-refractivity contribution in [1.29, 1.82) is 0 Å². The Morgan fingerprint density at radius 3 is 2.71 bits per heavy atom. The molecule has 1 aliphatic heterocycles. The van der Waals surface area contributed by atoms with Crippen molar-refractivity contribution in [3.8, 4) is 11.5 Å². The number of hydrogen-bond donors (Lipinski definition) is 1. The number of hydrogen-bond acceptors (Lipinski definition) is 4. The first kappa shape index (κ1) is 12.2. The molecule has 0 bridgehead atoms. The van der Waals surface area contributed by atoms with Gasteiger partial charge in [-0.3, -0.25) is 0 Å². The normalized spacial score (nSPS) is 24.4. The molecule has 4 nitrogen and oxygen atoms in total. The van der Waals surface area contributed by atoms with E-state index < -0.39 is 0 Å². The molecule has 0 amide bonds. The molecule has 0 aromatic heterocycles. The van der Waals surface area contributed by atoms with Crippen LogP contribution < -0.4 is 14.8 Å². The zero-order chi connectivity index (χ0) is 12.3. The van der Waals surface area contributed by atoms with Crippen LogP contribution in [-0.4, -0.2) is 33.9 Å². The van der Waals surface area contributed by atoms with Gasteiger partial charge in [0, 0.05) is 24.7 Å². The van der Waals surface area contributed by atoms with E-state index in [4.69, 9.17) is 14.2 Å². The molecule has 94 valence electrons. The van der Waals surface area contributed by atoms with Gasteiger partial charge in [0.15, 0.2) is 0 Å². The summed E-state index contributed by atoms with van der Waals surface area (Å²) >= 11 is 0. The number of nitrogens with one attached hydrogen (secondary N) is 1. The van der Waals surface area contributed by atoms with E-state index in [9.17, 15) is 0 Å². The summed E-state index contributed by atoms with van der Waals surface area (Å²) in [6.07, 6.45) is 0. The molecule has 1 N–H and O–H groups in total. The van der Waals surface area contributed by atoms with Crippen LogP contribution in [0.1, 0.15) is 12.5 Å². The van der Waals surface area contributed by atoms with Gasteiger partial charge in [-0.1, -0.05) is 0 Å². The predicted molar refractivity (Wildman–Crippen MR) is 65.7 cm³/mol. The Labute approximate surface area is 102 Å². The number of rotatable bonds is 3. The molecule has 1 saturated heterocycles. The second-order valence-corrected chi connectivity index (χ2v) is 4.32. The van der Waals surface area contributed by atoms with E-state index in [1.807, 2.05) is 18.2 Å². The Morgan fingerprint density at radius 2 is 2.12 bits per heavy atom. The zero-order valence-electron chi connectivity index (χ0n) is 10.6. The molecule has 1 aromatic carbocycles. The minimum Gasteiger partial charge on any atom is -0.497 e. The van der Waals surface area contributed by atoms with E-state index >= 15 is 0 Å². The standard InChI is InChI=1S/C13H19NO3/c1-13(9-14-6-7-17-13)11-5-4-10(15-2)8-12(11)16-3/h4-5,8,14H,6-7,9H2,1-3H3/t13-/m0/s1. The topological polar surface area (TPSA) is 39.7 Å². The van der Waals surface area contributed by atoms with Crippen molar-refractivity contribution in [2.75, 3.05) is 33.9 Å². The summed E-state index contributed by atoms with van der Waals surface area (Å²) in [5.74, 6) is 1.59. The summed E-state index contributed by atoms with van der Waals surface area (Å²) in [4.78, 5) is 0. The Hall–Kier alpha value is -1.26. The van der Waals surface area contributed by atoms with Crippen LogP contribution >= 0.6 is 0 Å². The van der Waals surface area contributed by atoms with Crippen molar-refractivity contribution in [2.45, 2.75) is 12.5 Å². The molecule has 1 heterocycles. The van der Waals surface area contributed by atoms with Crippen LogP contribution in [0, 0.1) is 0 Å². The van der Waals surface area contributed by atoms with Gasteiger partial charge in [-0.05, 0) is 19.1 Å². The van der Waals surface area contributed by atoms with Crippen LogP contribution in [-0.2, 0) is 10.3 Å². The first-order valence-electron chi connectivity index (χ1n) is 5.77. The monoisotopic (exact) mass is 237 g/mol. The maximum Gasteiger partial charge on any atom is 0.128 e. The maximum absolute atomic E-state index is 5.88. The fourth-order valence-corrected chi connectivity index (χ4v) is 2.13. The highest BCUT2D eigenvalue weighted by Crippen LogP contribution is 2.35. The fourth-order valence-electron chi connectivity index (χ4n) is 2.13. The molecule has 1 aromatic rings. The molecule has 17 heavy (non-hydrogen) atoms. The van der Waals surface area contributed by atoms with Gasteiger partial charge in [0.2, 0.25) is 0 Å². The lowest BCUT2D eigenvalue weighted by Gasteiger charge is -2.35. The van der Waals surface area contributed by atoms with Crippen LogP contribution in [0.2, 0.25) is 0 Å². The van der Waals surface area contributed by atoms with Crippen molar-refractivity contribution in [3.63, 3.8) is 0 Å². The fraction of sp³-hybridized carbons (Fsp3) is 0.538. The minimum absolute atomic E-state index is 0.337. The van der Waals surface area contributed by atoms with Crippen molar-refractivity contribution in [3.05, 3.63) is 23.8 Å².